The number of benzene rings is 1. The molecule has 7 nitrogen and oxygen atoms in total. The van der Waals surface area contributed by atoms with Gasteiger partial charge >= 0.3 is 0 Å². The van der Waals surface area contributed by atoms with Crippen LogP contribution < -0.4 is 15.6 Å². The van der Waals surface area contributed by atoms with Gasteiger partial charge in [0.15, 0.2) is 0 Å². The lowest BCUT2D eigenvalue weighted by atomic mass is 10.0. The van der Waals surface area contributed by atoms with Crippen LogP contribution in [0.1, 0.15) is 18.4 Å². The molecular formula is C19H23ClN4O3. The molecule has 0 saturated carbocycles. The molecule has 8 heteroatoms. The molecule has 2 heterocycles. The molecule has 144 valence electrons. The Bertz CT molecular complexity index is 855. The molecule has 27 heavy (non-hydrogen) atoms. The Morgan fingerprint density at radius 3 is 3.04 bits per heavy atom. The van der Waals surface area contributed by atoms with E-state index in [1.54, 1.807) is 7.11 Å². The van der Waals surface area contributed by atoms with Gasteiger partial charge in [0.2, 0.25) is 5.91 Å². The number of carbonyl (C=O) groups is 1. The molecule has 1 aromatic carbocycles. The van der Waals surface area contributed by atoms with Gasteiger partial charge in [0.05, 0.1) is 7.11 Å². The zero-order valence-corrected chi connectivity index (χ0v) is 16.0. The van der Waals surface area contributed by atoms with E-state index < -0.39 is 0 Å². The molecule has 3 rings (SSSR count). The van der Waals surface area contributed by atoms with Crippen molar-refractivity contribution in [2.45, 2.75) is 32.0 Å². The van der Waals surface area contributed by atoms with Crippen LogP contribution in [0.25, 0.3) is 0 Å². The third-order valence-electron chi connectivity index (χ3n) is 4.54. The number of methoxy groups -OCH3 is 1. The Morgan fingerprint density at radius 1 is 1.37 bits per heavy atom. The quantitative estimate of drug-likeness (QED) is 0.812. The van der Waals surface area contributed by atoms with Crippen LogP contribution >= 0.6 is 11.6 Å². The Morgan fingerprint density at radius 2 is 2.22 bits per heavy atom. The number of hydrogen-bond donors (Lipinski definition) is 1. The Kier molecular flexibility index (Phi) is 6.47. The highest BCUT2D eigenvalue weighted by Crippen LogP contribution is 2.17. The predicted molar refractivity (Wildman–Crippen MR) is 103 cm³/mol. The Labute approximate surface area is 162 Å². The van der Waals surface area contributed by atoms with E-state index in [0.717, 1.165) is 42.9 Å². The topological polar surface area (TPSA) is 76.5 Å². The van der Waals surface area contributed by atoms with Crippen LogP contribution in [0, 0.1) is 0 Å². The van der Waals surface area contributed by atoms with Gasteiger partial charge in [-0.3, -0.25) is 14.5 Å². The van der Waals surface area contributed by atoms with Crippen molar-refractivity contribution in [3.8, 4) is 5.75 Å². The predicted octanol–water partition coefficient (Wildman–Crippen LogP) is 1.69. The molecule has 0 unspecified atom stereocenters. The summed E-state index contributed by atoms with van der Waals surface area (Å²) in [5, 5.41) is 7.07. The van der Waals surface area contributed by atoms with E-state index in [2.05, 4.69) is 21.4 Å². The van der Waals surface area contributed by atoms with Gasteiger partial charge in [0, 0.05) is 25.2 Å². The van der Waals surface area contributed by atoms with Crippen LogP contribution in [-0.2, 0) is 17.9 Å². The van der Waals surface area contributed by atoms with Gasteiger partial charge in [0.1, 0.15) is 17.4 Å². The molecule has 1 aliphatic rings. The van der Waals surface area contributed by atoms with Crippen LogP contribution in [0.4, 0.5) is 0 Å². The van der Waals surface area contributed by atoms with E-state index in [4.69, 9.17) is 16.3 Å². The fourth-order valence-corrected chi connectivity index (χ4v) is 3.45. The lowest BCUT2D eigenvalue weighted by molar-refractivity contribution is -0.123. The first kappa shape index (κ1) is 19.4. The SMILES string of the molecule is COc1cccc(CN2CCC[C@@H](NC(=O)Cn3nc(Cl)ccc3=O)C2)c1. The molecule has 1 fully saturated rings. The highest BCUT2D eigenvalue weighted by atomic mass is 35.5. The van der Waals surface area contributed by atoms with Crippen molar-refractivity contribution in [3.63, 3.8) is 0 Å². The van der Waals surface area contributed by atoms with Crippen molar-refractivity contribution in [1.29, 1.82) is 0 Å². The highest BCUT2D eigenvalue weighted by molar-refractivity contribution is 6.29. The van der Waals surface area contributed by atoms with Crippen molar-refractivity contribution in [2.24, 2.45) is 0 Å². The zero-order valence-electron chi connectivity index (χ0n) is 15.2. The number of ether oxygens (including phenoxy) is 1. The smallest absolute Gasteiger partial charge is 0.267 e. The first-order chi connectivity index (χ1) is 13.0. The molecule has 1 amide bonds. The molecule has 0 bridgehead atoms. The van der Waals surface area contributed by atoms with Gasteiger partial charge in [-0.05, 0) is 43.1 Å². The Balaban J connectivity index is 1.55. The summed E-state index contributed by atoms with van der Waals surface area (Å²) in [5.74, 6) is 0.605. The van der Waals surface area contributed by atoms with Crippen molar-refractivity contribution in [1.82, 2.24) is 20.0 Å². The molecule has 1 saturated heterocycles. The number of carbonyl (C=O) groups excluding carboxylic acids is 1. The maximum Gasteiger partial charge on any atom is 0.267 e. The van der Waals surface area contributed by atoms with Crippen LogP contribution in [0.15, 0.2) is 41.2 Å². The van der Waals surface area contributed by atoms with Gasteiger partial charge in [-0.25, -0.2) is 4.68 Å². The highest BCUT2D eigenvalue weighted by Gasteiger charge is 2.22. The number of hydrogen-bond acceptors (Lipinski definition) is 5. The summed E-state index contributed by atoms with van der Waals surface area (Å²) in [7, 11) is 1.66. The summed E-state index contributed by atoms with van der Waals surface area (Å²) in [6, 6.07) is 10.8. The van der Waals surface area contributed by atoms with Gasteiger partial charge in [-0.2, -0.15) is 5.10 Å². The minimum atomic E-state index is -0.349. The molecular weight excluding hydrogens is 368 g/mol. The number of nitrogens with zero attached hydrogens (tertiary/aromatic N) is 3. The van der Waals surface area contributed by atoms with Gasteiger partial charge in [-0.15, -0.1) is 0 Å². The van der Waals surface area contributed by atoms with Crippen molar-refractivity contribution < 1.29 is 9.53 Å². The van der Waals surface area contributed by atoms with Crippen LogP contribution in [0.2, 0.25) is 5.15 Å². The normalized spacial score (nSPS) is 17.5. The van der Waals surface area contributed by atoms with E-state index in [0.29, 0.717) is 0 Å². The second-order valence-corrected chi connectivity index (χ2v) is 7.03. The van der Waals surface area contributed by atoms with E-state index in [-0.39, 0.29) is 29.2 Å². The minimum absolute atomic E-state index is 0.0479. The molecule has 0 aliphatic carbocycles. The van der Waals surface area contributed by atoms with E-state index in [1.165, 1.54) is 17.7 Å². The van der Waals surface area contributed by atoms with Gasteiger partial charge in [-0.1, -0.05) is 23.7 Å². The van der Waals surface area contributed by atoms with E-state index in [1.807, 2.05) is 18.2 Å². The summed E-state index contributed by atoms with van der Waals surface area (Å²) >= 11 is 5.79. The molecule has 1 atom stereocenters. The van der Waals surface area contributed by atoms with Crippen LogP contribution in [-0.4, -0.2) is 46.8 Å². The second-order valence-electron chi connectivity index (χ2n) is 6.65. The summed E-state index contributed by atoms with van der Waals surface area (Å²) in [5.41, 5.74) is 0.828. The molecule has 0 radical (unpaired) electrons. The second kappa shape index (κ2) is 9.01. The molecule has 1 aromatic heterocycles. The fourth-order valence-electron chi connectivity index (χ4n) is 3.29. The van der Waals surface area contributed by atoms with Gasteiger partial charge in [0.25, 0.3) is 5.56 Å². The average Bonchev–Trinajstić information content (AvgIpc) is 2.65. The fraction of sp³-hybridized carbons (Fsp3) is 0.421. The monoisotopic (exact) mass is 390 g/mol. The van der Waals surface area contributed by atoms with E-state index in [9.17, 15) is 9.59 Å². The zero-order chi connectivity index (χ0) is 19.2. The van der Waals surface area contributed by atoms with Crippen molar-refractivity contribution in [3.05, 3.63) is 57.5 Å². The van der Waals surface area contributed by atoms with Crippen LogP contribution in [0.3, 0.4) is 0 Å². The molecule has 0 spiro atoms. The summed E-state index contributed by atoms with van der Waals surface area (Å²) in [6.07, 6.45) is 1.92. The minimum Gasteiger partial charge on any atom is -0.497 e. The summed E-state index contributed by atoms with van der Waals surface area (Å²) in [4.78, 5) is 26.4. The van der Waals surface area contributed by atoms with Crippen molar-refractivity contribution in [2.75, 3.05) is 20.2 Å². The van der Waals surface area contributed by atoms with Gasteiger partial charge < -0.3 is 10.1 Å². The number of rotatable bonds is 6. The van der Waals surface area contributed by atoms with Crippen LogP contribution in [0.5, 0.6) is 5.75 Å². The lowest BCUT2D eigenvalue weighted by Crippen LogP contribution is -2.48. The number of piperidine rings is 1. The molecule has 1 aliphatic heterocycles. The lowest BCUT2D eigenvalue weighted by Gasteiger charge is -2.33. The number of halogens is 1. The molecule has 2 aromatic rings. The first-order valence-corrected chi connectivity index (χ1v) is 9.29. The average molecular weight is 391 g/mol. The first-order valence-electron chi connectivity index (χ1n) is 8.92. The number of nitrogens with one attached hydrogen (secondary N) is 1. The number of amides is 1. The largest absolute Gasteiger partial charge is 0.497 e. The number of likely N-dealkylation sites (tertiary alicyclic amines) is 1. The standard InChI is InChI=1S/C19H23ClN4O3/c1-27-16-6-2-4-14(10-16)11-23-9-3-5-15(12-23)21-18(25)13-24-19(26)8-7-17(20)22-24/h2,4,6-8,10,15H,3,5,9,11-13H2,1H3,(H,21,25)/t15-/m1/s1. The van der Waals surface area contributed by atoms with E-state index >= 15 is 0 Å². The third-order valence-corrected chi connectivity index (χ3v) is 4.74. The summed E-state index contributed by atoms with van der Waals surface area (Å²) in [6.45, 7) is 2.42. The summed E-state index contributed by atoms with van der Waals surface area (Å²) < 4.78 is 6.35. The maximum atomic E-state index is 12.3. The maximum absolute atomic E-state index is 12.3. The van der Waals surface area contributed by atoms with Crippen molar-refractivity contribution >= 4 is 17.5 Å². The third kappa shape index (κ3) is 5.55. The Hall–Kier alpha value is -2.38. The number of aromatic nitrogens is 2. The molecule has 1 N–H and O–H groups in total.